The molecule has 14 heavy (non-hydrogen) atoms. The molecular weight excluding hydrogens is 193 g/mol. The molecule has 0 aromatic carbocycles. The molecule has 74 valence electrons. The standard InChI is InChI=1S/C9H7F3N2/c1-6-5-14-3-2-13-8(14)4-7(6)9(10,11)12/h2-5H,1H3. The maximum absolute atomic E-state index is 12.4. The van der Waals surface area contributed by atoms with Crippen LogP contribution < -0.4 is 0 Å². The first kappa shape index (κ1) is 9.05. The van der Waals surface area contributed by atoms with Crippen LogP contribution >= 0.6 is 0 Å². The maximum Gasteiger partial charge on any atom is 0.416 e. The van der Waals surface area contributed by atoms with E-state index in [-0.39, 0.29) is 5.56 Å². The minimum absolute atomic E-state index is 0.197. The van der Waals surface area contributed by atoms with Crippen LogP contribution in [0.1, 0.15) is 11.1 Å². The van der Waals surface area contributed by atoms with E-state index in [1.807, 2.05) is 0 Å². The van der Waals surface area contributed by atoms with Gasteiger partial charge in [0.15, 0.2) is 0 Å². The molecule has 0 spiro atoms. The van der Waals surface area contributed by atoms with E-state index in [0.29, 0.717) is 5.65 Å². The summed E-state index contributed by atoms with van der Waals surface area (Å²) >= 11 is 0. The number of nitrogens with zero attached hydrogens (tertiary/aromatic N) is 2. The molecule has 2 aromatic rings. The fraction of sp³-hybridized carbons (Fsp3) is 0.222. The lowest BCUT2D eigenvalue weighted by atomic mass is 10.1. The third kappa shape index (κ3) is 1.34. The van der Waals surface area contributed by atoms with E-state index in [1.165, 1.54) is 19.3 Å². The van der Waals surface area contributed by atoms with Crippen molar-refractivity contribution in [1.29, 1.82) is 0 Å². The summed E-state index contributed by atoms with van der Waals surface area (Å²) in [5.74, 6) is 0. The third-order valence-electron chi connectivity index (χ3n) is 2.04. The molecule has 5 heteroatoms. The van der Waals surface area contributed by atoms with Crippen LogP contribution in [0.15, 0.2) is 24.7 Å². The van der Waals surface area contributed by atoms with Crippen molar-refractivity contribution in [1.82, 2.24) is 9.38 Å². The summed E-state index contributed by atoms with van der Waals surface area (Å²) in [5, 5.41) is 0. The van der Waals surface area contributed by atoms with Gasteiger partial charge in [0.05, 0.1) is 5.56 Å². The van der Waals surface area contributed by atoms with E-state index in [2.05, 4.69) is 4.98 Å². The zero-order chi connectivity index (χ0) is 10.3. The third-order valence-corrected chi connectivity index (χ3v) is 2.04. The number of rotatable bonds is 0. The lowest BCUT2D eigenvalue weighted by molar-refractivity contribution is -0.138. The number of hydrogen-bond acceptors (Lipinski definition) is 1. The zero-order valence-corrected chi connectivity index (χ0v) is 7.34. The Kier molecular flexibility index (Phi) is 1.77. The van der Waals surface area contributed by atoms with Crippen molar-refractivity contribution in [2.24, 2.45) is 0 Å². The Morgan fingerprint density at radius 2 is 2.07 bits per heavy atom. The van der Waals surface area contributed by atoms with Crippen LogP contribution in [-0.2, 0) is 6.18 Å². The van der Waals surface area contributed by atoms with E-state index in [1.54, 1.807) is 10.6 Å². The highest BCUT2D eigenvalue weighted by Crippen LogP contribution is 2.32. The molecule has 0 fully saturated rings. The molecule has 0 radical (unpaired) electrons. The fourth-order valence-electron chi connectivity index (χ4n) is 1.37. The van der Waals surface area contributed by atoms with Crippen molar-refractivity contribution in [3.63, 3.8) is 0 Å². The van der Waals surface area contributed by atoms with Crippen molar-refractivity contribution in [3.8, 4) is 0 Å². The zero-order valence-electron chi connectivity index (χ0n) is 7.34. The molecule has 0 aliphatic rings. The smallest absolute Gasteiger partial charge is 0.307 e. The van der Waals surface area contributed by atoms with E-state index in [9.17, 15) is 13.2 Å². The highest BCUT2D eigenvalue weighted by Gasteiger charge is 2.32. The van der Waals surface area contributed by atoms with Crippen LogP contribution in [0.5, 0.6) is 0 Å². The maximum atomic E-state index is 12.4. The Morgan fingerprint density at radius 1 is 1.36 bits per heavy atom. The van der Waals surface area contributed by atoms with Gasteiger partial charge in [-0.15, -0.1) is 0 Å². The topological polar surface area (TPSA) is 17.3 Å². The molecule has 0 bridgehead atoms. The van der Waals surface area contributed by atoms with Crippen molar-refractivity contribution >= 4 is 5.65 Å². The van der Waals surface area contributed by atoms with Crippen molar-refractivity contribution in [2.45, 2.75) is 13.1 Å². The van der Waals surface area contributed by atoms with Crippen LogP contribution in [0.3, 0.4) is 0 Å². The molecule has 0 N–H and O–H groups in total. The first-order valence-electron chi connectivity index (χ1n) is 3.99. The van der Waals surface area contributed by atoms with Gasteiger partial charge in [0, 0.05) is 18.6 Å². The average molecular weight is 200 g/mol. The first-order valence-corrected chi connectivity index (χ1v) is 3.99. The lowest BCUT2D eigenvalue weighted by Gasteiger charge is -2.10. The first-order chi connectivity index (χ1) is 6.48. The molecule has 2 heterocycles. The van der Waals surface area contributed by atoms with Crippen molar-refractivity contribution < 1.29 is 13.2 Å². The van der Waals surface area contributed by atoms with Gasteiger partial charge >= 0.3 is 6.18 Å². The Bertz CT molecular complexity index is 470. The Hall–Kier alpha value is -1.52. The second-order valence-corrected chi connectivity index (χ2v) is 3.06. The van der Waals surface area contributed by atoms with Gasteiger partial charge in [-0.1, -0.05) is 0 Å². The van der Waals surface area contributed by atoms with E-state index < -0.39 is 11.7 Å². The van der Waals surface area contributed by atoms with Gasteiger partial charge in [-0.2, -0.15) is 13.2 Å². The summed E-state index contributed by atoms with van der Waals surface area (Å²) < 4.78 is 38.9. The number of imidazole rings is 1. The van der Waals surface area contributed by atoms with Crippen LogP contribution in [0.2, 0.25) is 0 Å². The van der Waals surface area contributed by atoms with Crippen LogP contribution in [-0.4, -0.2) is 9.38 Å². The molecule has 0 saturated heterocycles. The highest BCUT2D eigenvalue weighted by molar-refractivity contribution is 5.45. The number of aryl methyl sites for hydroxylation is 1. The Balaban J connectivity index is 2.71. The quantitative estimate of drug-likeness (QED) is 0.639. The molecule has 2 aromatic heterocycles. The summed E-state index contributed by atoms with van der Waals surface area (Å²) in [7, 11) is 0. The molecule has 2 nitrogen and oxygen atoms in total. The molecule has 0 aliphatic carbocycles. The molecule has 0 unspecified atom stereocenters. The largest absolute Gasteiger partial charge is 0.416 e. The molecule has 0 atom stereocenters. The predicted molar refractivity (Wildman–Crippen MR) is 44.9 cm³/mol. The van der Waals surface area contributed by atoms with Gasteiger partial charge in [0.25, 0.3) is 0 Å². The summed E-state index contributed by atoms with van der Waals surface area (Å²) in [6.45, 7) is 1.43. The van der Waals surface area contributed by atoms with E-state index in [0.717, 1.165) is 6.07 Å². The summed E-state index contributed by atoms with van der Waals surface area (Å²) in [5.41, 5.74) is -0.123. The average Bonchev–Trinajstić information content (AvgIpc) is 2.47. The van der Waals surface area contributed by atoms with Crippen molar-refractivity contribution in [3.05, 3.63) is 35.8 Å². The highest BCUT2D eigenvalue weighted by atomic mass is 19.4. The second-order valence-electron chi connectivity index (χ2n) is 3.06. The number of fused-ring (bicyclic) bond motifs is 1. The minimum atomic E-state index is -4.31. The lowest BCUT2D eigenvalue weighted by Crippen LogP contribution is -2.08. The number of pyridine rings is 1. The molecule has 0 aliphatic heterocycles. The number of alkyl halides is 3. The SMILES string of the molecule is Cc1cn2ccnc2cc1C(F)(F)F. The monoisotopic (exact) mass is 200 g/mol. The normalized spacial score (nSPS) is 12.3. The predicted octanol–water partition coefficient (Wildman–Crippen LogP) is 2.66. The second kappa shape index (κ2) is 2.73. The van der Waals surface area contributed by atoms with Crippen LogP contribution in [0, 0.1) is 6.92 Å². The molecule has 0 amide bonds. The molecule has 0 saturated carbocycles. The van der Waals surface area contributed by atoms with Crippen molar-refractivity contribution in [2.75, 3.05) is 0 Å². The Morgan fingerprint density at radius 3 is 2.71 bits per heavy atom. The number of hydrogen-bond donors (Lipinski definition) is 0. The minimum Gasteiger partial charge on any atom is -0.307 e. The van der Waals surface area contributed by atoms with Crippen LogP contribution in [0.4, 0.5) is 13.2 Å². The fourth-order valence-corrected chi connectivity index (χ4v) is 1.37. The van der Waals surface area contributed by atoms with Gasteiger partial charge in [-0.05, 0) is 18.6 Å². The van der Waals surface area contributed by atoms with Gasteiger partial charge in [-0.25, -0.2) is 4.98 Å². The van der Waals surface area contributed by atoms with E-state index >= 15 is 0 Å². The van der Waals surface area contributed by atoms with Gasteiger partial charge in [-0.3, -0.25) is 0 Å². The summed E-state index contributed by atoms with van der Waals surface area (Å²) in [4.78, 5) is 3.80. The van der Waals surface area contributed by atoms with Gasteiger partial charge < -0.3 is 4.40 Å². The number of aromatic nitrogens is 2. The molecular formula is C9H7F3N2. The van der Waals surface area contributed by atoms with E-state index in [4.69, 9.17) is 0 Å². The Labute approximate surface area is 78.0 Å². The van der Waals surface area contributed by atoms with Crippen LogP contribution in [0.25, 0.3) is 5.65 Å². The number of halogens is 3. The van der Waals surface area contributed by atoms with Gasteiger partial charge in [0.1, 0.15) is 5.65 Å². The summed E-state index contributed by atoms with van der Waals surface area (Å²) in [6, 6.07) is 1.05. The van der Waals surface area contributed by atoms with Gasteiger partial charge in [0.2, 0.25) is 0 Å². The molecule has 2 rings (SSSR count). The summed E-state index contributed by atoms with van der Waals surface area (Å²) in [6.07, 6.45) is 0.195.